The first-order chi connectivity index (χ1) is 9.01. The molecule has 0 saturated carbocycles. The molecule has 1 atom stereocenters. The van der Waals surface area contributed by atoms with Crippen LogP contribution in [-0.2, 0) is 4.79 Å². The highest BCUT2D eigenvalue weighted by Crippen LogP contribution is 2.24. The minimum absolute atomic E-state index is 0.330. The summed E-state index contributed by atoms with van der Waals surface area (Å²) in [5.74, 6) is -1.46. The Balaban J connectivity index is 2.23. The quantitative estimate of drug-likeness (QED) is 0.786. The van der Waals surface area contributed by atoms with E-state index >= 15 is 0 Å². The largest absolute Gasteiger partial charge is 0.480 e. The molecule has 1 amide bonds. The number of thiazole rings is 1. The molecule has 0 radical (unpaired) electrons. The molecule has 100 valence electrons. The normalized spacial score (nSPS) is 12.3. The molecule has 1 heterocycles. The maximum Gasteiger partial charge on any atom is 0.326 e. The fourth-order valence-corrected chi connectivity index (χ4v) is 2.44. The van der Waals surface area contributed by atoms with E-state index in [1.165, 1.54) is 11.3 Å². The van der Waals surface area contributed by atoms with Crippen molar-refractivity contribution in [3.8, 4) is 0 Å². The molecular formula is C12H13N3O3S. The third-order valence-corrected chi connectivity index (χ3v) is 3.53. The Hall–Kier alpha value is -2.15. The second kappa shape index (κ2) is 5.23. The number of carboxylic acid groups (broad SMARTS) is 1. The molecule has 19 heavy (non-hydrogen) atoms. The SMILES string of the molecule is CCC(NC(=O)c1ccc2nc(N)sc2c1)C(=O)O. The third kappa shape index (κ3) is 2.82. The standard InChI is InChI=1S/C12H13N3O3S/c1-2-7(11(17)18)14-10(16)6-3-4-8-9(5-6)19-12(13)15-8/h3-5,7H,2H2,1H3,(H2,13,15)(H,14,16)(H,17,18). The number of aromatic nitrogens is 1. The molecule has 7 heteroatoms. The van der Waals surface area contributed by atoms with E-state index in [2.05, 4.69) is 10.3 Å². The maximum atomic E-state index is 11.9. The zero-order valence-electron chi connectivity index (χ0n) is 10.2. The fraction of sp³-hybridized carbons (Fsp3) is 0.250. The number of aliphatic carboxylic acids is 1. The number of hydrogen-bond acceptors (Lipinski definition) is 5. The van der Waals surface area contributed by atoms with Gasteiger partial charge in [0, 0.05) is 5.56 Å². The van der Waals surface area contributed by atoms with Crippen LogP contribution < -0.4 is 11.1 Å². The minimum Gasteiger partial charge on any atom is -0.480 e. The van der Waals surface area contributed by atoms with Gasteiger partial charge in [-0.3, -0.25) is 4.79 Å². The highest BCUT2D eigenvalue weighted by molar-refractivity contribution is 7.22. The molecule has 6 nitrogen and oxygen atoms in total. The monoisotopic (exact) mass is 279 g/mol. The van der Waals surface area contributed by atoms with Crippen molar-refractivity contribution >= 4 is 38.6 Å². The molecule has 1 aromatic heterocycles. The van der Waals surface area contributed by atoms with Crippen LogP contribution in [0.3, 0.4) is 0 Å². The van der Waals surface area contributed by atoms with Gasteiger partial charge in [-0.1, -0.05) is 18.3 Å². The Morgan fingerprint density at radius 1 is 1.53 bits per heavy atom. The van der Waals surface area contributed by atoms with Crippen molar-refractivity contribution in [3.63, 3.8) is 0 Å². The number of nitrogen functional groups attached to an aromatic ring is 1. The van der Waals surface area contributed by atoms with Gasteiger partial charge in [0.25, 0.3) is 5.91 Å². The zero-order valence-corrected chi connectivity index (χ0v) is 11.0. The van der Waals surface area contributed by atoms with E-state index in [9.17, 15) is 9.59 Å². The Morgan fingerprint density at radius 3 is 2.89 bits per heavy atom. The van der Waals surface area contributed by atoms with Crippen molar-refractivity contribution in [1.29, 1.82) is 0 Å². The number of nitrogens with two attached hydrogens (primary N) is 1. The molecule has 2 aromatic rings. The topological polar surface area (TPSA) is 105 Å². The molecule has 0 saturated heterocycles. The van der Waals surface area contributed by atoms with Crippen LogP contribution in [0, 0.1) is 0 Å². The summed E-state index contributed by atoms with van der Waals surface area (Å²) in [6.45, 7) is 1.70. The summed E-state index contributed by atoms with van der Waals surface area (Å²) in [4.78, 5) is 26.9. The number of fused-ring (bicyclic) bond motifs is 1. The van der Waals surface area contributed by atoms with Crippen LogP contribution in [-0.4, -0.2) is 28.0 Å². The number of hydrogen-bond donors (Lipinski definition) is 3. The first-order valence-electron chi connectivity index (χ1n) is 5.71. The first kappa shape index (κ1) is 13.3. The van der Waals surface area contributed by atoms with Crippen LogP contribution in [0.4, 0.5) is 5.13 Å². The van der Waals surface area contributed by atoms with Gasteiger partial charge in [0.2, 0.25) is 0 Å². The molecule has 1 aromatic carbocycles. The lowest BCUT2D eigenvalue weighted by atomic mass is 10.1. The number of anilines is 1. The van der Waals surface area contributed by atoms with Gasteiger partial charge in [-0.15, -0.1) is 0 Å². The second-order valence-electron chi connectivity index (χ2n) is 4.01. The van der Waals surface area contributed by atoms with Crippen LogP contribution in [0.5, 0.6) is 0 Å². The molecule has 0 bridgehead atoms. The number of benzene rings is 1. The van der Waals surface area contributed by atoms with Gasteiger partial charge in [0.05, 0.1) is 10.2 Å². The van der Waals surface area contributed by atoms with E-state index in [4.69, 9.17) is 10.8 Å². The van der Waals surface area contributed by atoms with Crippen LogP contribution in [0.25, 0.3) is 10.2 Å². The van der Waals surface area contributed by atoms with Crippen molar-refractivity contribution in [2.45, 2.75) is 19.4 Å². The average Bonchev–Trinajstić information content (AvgIpc) is 2.74. The molecule has 0 aliphatic heterocycles. The predicted molar refractivity (Wildman–Crippen MR) is 73.2 cm³/mol. The molecule has 0 fully saturated rings. The first-order valence-corrected chi connectivity index (χ1v) is 6.52. The zero-order chi connectivity index (χ0) is 14.0. The maximum absolute atomic E-state index is 11.9. The average molecular weight is 279 g/mol. The van der Waals surface area contributed by atoms with E-state index in [0.29, 0.717) is 17.1 Å². The lowest BCUT2D eigenvalue weighted by Crippen LogP contribution is -2.40. The number of nitrogens with one attached hydrogen (secondary N) is 1. The van der Waals surface area contributed by atoms with Crippen molar-refractivity contribution in [3.05, 3.63) is 23.8 Å². The summed E-state index contributed by atoms with van der Waals surface area (Å²) >= 11 is 1.28. The molecular weight excluding hydrogens is 266 g/mol. The summed E-state index contributed by atoms with van der Waals surface area (Å²) in [5, 5.41) is 11.8. The minimum atomic E-state index is -1.04. The van der Waals surface area contributed by atoms with Gasteiger partial charge < -0.3 is 16.2 Å². The van der Waals surface area contributed by atoms with Crippen molar-refractivity contribution in [2.75, 3.05) is 5.73 Å². The van der Waals surface area contributed by atoms with Gasteiger partial charge in [-0.25, -0.2) is 9.78 Å². The number of carbonyl (C=O) groups excluding carboxylic acids is 1. The summed E-state index contributed by atoms with van der Waals surface area (Å²) in [5.41, 5.74) is 6.71. The number of rotatable bonds is 4. The number of carboxylic acids is 1. The van der Waals surface area contributed by atoms with Crippen LogP contribution in [0.1, 0.15) is 23.7 Å². The molecule has 0 aliphatic rings. The Bertz CT molecular complexity index is 638. The van der Waals surface area contributed by atoms with E-state index in [0.717, 1.165) is 10.2 Å². The van der Waals surface area contributed by atoms with Gasteiger partial charge in [0.1, 0.15) is 6.04 Å². The lowest BCUT2D eigenvalue weighted by Gasteiger charge is -2.11. The van der Waals surface area contributed by atoms with Crippen molar-refractivity contribution in [2.24, 2.45) is 0 Å². The summed E-state index contributed by atoms with van der Waals surface area (Å²) < 4.78 is 0.800. The number of nitrogens with zero attached hydrogens (tertiary/aromatic N) is 1. The third-order valence-electron chi connectivity index (χ3n) is 2.68. The van der Waals surface area contributed by atoms with Gasteiger partial charge in [-0.05, 0) is 24.6 Å². The molecule has 1 unspecified atom stereocenters. The van der Waals surface area contributed by atoms with Gasteiger partial charge in [-0.2, -0.15) is 0 Å². The lowest BCUT2D eigenvalue weighted by molar-refractivity contribution is -0.139. The van der Waals surface area contributed by atoms with Crippen molar-refractivity contribution in [1.82, 2.24) is 10.3 Å². The van der Waals surface area contributed by atoms with E-state index in [1.807, 2.05) is 0 Å². The van der Waals surface area contributed by atoms with Crippen LogP contribution in [0.2, 0.25) is 0 Å². The Kier molecular flexibility index (Phi) is 3.66. The van der Waals surface area contributed by atoms with Crippen LogP contribution >= 0.6 is 11.3 Å². The smallest absolute Gasteiger partial charge is 0.326 e. The summed E-state index contributed by atoms with van der Waals surface area (Å²) in [7, 11) is 0. The van der Waals surface area contributed by atoms with Crippen LogP contribution in [0.15, 0.2) is 18.2 Å². The Labute approximate surface area is 113 Å². The molecule has 2 rings (SSSR count). The van der Waals surface area contributed by atoms with Gasteiger partial charge >= 0.3 is 5.97 Å². The number of carbonyl (C=O) groups is 2. The summed E-state index contributed by atoms with van der Waals surface area (Å²) in [6.07, 6.45) is 0.330. The van der Waals surface area contributed by atoms with E-state index in [-0.39, 0.29) is 0 Å². The molecule has 0 spiro atoms. The second-order valence-corrected chi connectivity index (χ2v) is 5.07. The van der Waals surface area contributed by atoms with Gasteiger partial charge in [0.15, 0.2) is 5.13 Å². The molecule has 4 N–H and O–H groups in total. The van der Waals surface area contributed by atoms with Crippen molar-refractivity contribution < 1.29 is 14.7 Å². The summed E-state index contributed by atoms with van der Waals surface area (Å²) in [6, 6.07) is 4.08. The Morgan fingerprint density at radius 2 is 2.26 bits per heavy atom. The highest BCUT2D eigenvalue weighted by atomic mass is 32.1. The van der Waals surface area contributed by atoms with E-state index < -0.39 is 17.9 Å². The highest BCUT2D eigenvalue weighted by Gasteiger charge is 2.18. The predicted octanol–water partition coefficient (Wildman–Crippen LogP) is 1.47. The molecule has 0 aliphatic carbocycles. The van der Waals surface area contributed by atoms with E-state index in [1.54, 1.807) is 25.1 Å². The number of amides is 1. The fourth-order valence-electron chi connectivity index (χ4n) is 1.66.